The number of anilines is 1. The Bertz CT molecular complexity index is 677. The smallest absolute Gasteiger partial charge is 0.169 e. The van der Waals surface area contributed by atoms with Gasteiger partial charge in [-0.05, 0) is 62.4 Å². The topological polar surface area (TPSA) is 21.7 Å². The summed E-state index contributed by atoms with van der Waals surface area (Å²) in [6.45, 7) is 5.11. The molecule has 0 aliphatic heterocycles. The summed E-state index contributed by atoms with van der Waals surface area (Å²) in [6.07, 6.45) is 6.74. The fourth-order valence-electron chi connectivity index (χ4n) is 3.95. The monoisotopic (exact) mass is 353 g/mol. The van der Waals surface area contributed by atoms with E-state index >= 15 is 0 Å². The average Bonchev–Trinajstić information content (AvgIpc) is 2.70. The van der Waals surface area contributed by atoms with E-state index in [0.717, 1.165) is 29.6 Å². The van der Waals surface area contributed by atoms with Gasteiger partial charge in [-0.2, -0.15) is 0 Å². The van der Waals surface area contributed by atoms with Crippen LogP contribution in [0, 0.1) is 0 Å². The third kappa shape index (κ3) is 4.51. The van der Waals surface area contributed by atoms with Crippen LogP contribution in [-0.4, -0.2) is 19.9 Å². The quantitative estimate of drug-likeness (QED) is 0.570. The Morgan fingerprint density at radius 3 is 2.38 bits per heavy atom. The van der Waals surface area contributed by atoms with Gasteiger partial charge in [-0.15, -0.1) is 0 Å². The summed E-state index contributed by atoms with van der Waals surface area (Å²) >= 11 is 0. The number of benzene rings is 2. The van der Waals surface area contributed by atoms with Crippen LogP contribution >= 0.6 is 0 Å². The lowest BCUT2D eigenvalue weighted by molar-refractivity contribution is 0.216. The maximum atomic E-state index is 6.22. The summed E-state index contributed by atoms with van der Waals surface area (Å²) < 4.78 is 11.6. The Morgan fingerprint density at radius 2 is 1.73 bits per heavy atom. The number of hydrogen-bond acceptors (Lipinski definition) is 3. The number of ether oxygens (including phenoxy) is 2. The third-order valence-electron chi connectivity index (χ3n) is 5.43. The zero-order valence-corrected chi connectivity index (χ0v) is 16.3. The van der Waals surface area contributed by atoms with Crippen molar-refractivity contribution >= 4 is 5.69 Å². The Hall–Kier alpha value is -2.16. The lowest BCUT2D eigenvalue weighted by Gasteiger charge is -2.30. The summed E-state index contributed by atoms with van der Waals surface area (Å²) in [5.41, 5.74) is 2.57. The van der Waals surface area contributed by atoms with Crippen molar-refractivity contribution in [3.8, 4) is 11.5 Å². The molecule has 1 atom stereocenters. The van der Waals surface area contributed by atoms with E-state index in [0.29, 0.717) is 0 Å². The van der Waals surface area contributed by atoms with E-state index in [4.69, 9.17) is 9.47 Å². The van der Waals surface area contributed by atoms with Gasteiger partial charge in [0.25, 0.3) is 0 Å². The molecule has 3 nitrogen and oxygen atoms in total. The molecule has 1 saturated carbocycles. The number of methoxy groups -OCH3 is 1. The average molecular weight is 354 g/mol. The molecule has 2 aromatic carbocycles. The molecule has 0 radical (unpaired) electrons. The fraction of sp³-hybridized carbons (Fsp3) is 0.478. The van der Waals surface area contributed by atoms with Crippen molar-refractivity contribution in [2.75, 3.05) is 18.6 Å². The van der Waals surface area contributed by atoms with Crippen molar-refractivity contribution in [1.82, 2.24) is 0 Å². The highest BCUT2D eigenvalue weighted by Crippen LogP contribution is 2.33. The minimum atomic E-state index is -0.0485. The van der Waals surface area contributed by atoms with E-state index in [1.165, 1.54) is 37.7 Å². The molecule has 3 heteroatoms. The molecule has 1 aliphatic carbocycles. The van der Waals surface area contributed by atoms with Crippen LogP contribution < -0.4 is 14.4 Å². The summed E-state index contributed by atoms with van der Waals surface area (Å²) in [5, 5.41) is 0. The molecule has 140 valence electrons. The van der Waals surface area contributed by atoms with Crippen LogP contribution in [0.1, 0.15) is 57.4 Å². The van der Waals surface area contributed by atoms with E-state index in [2.05, 4.69) is 55.1 Å². The van der Waals surface area contributed by atoms with Gasteiger partial charge in [0.15, 0.2) is 6.23 Å². The standard InChI is InChI=1S/C23H31NO2/c1-4-24(21-11-8-12-23(17-21)25-3)18(2)26-22-15-13-20(14-16-22)19-9-6-5-7-10-19/h8,11-19H,4-7,9-10H2,1-3H3. The zero-order chi connectivity index (χ0) is 18.4. The van der Waals surface area contributed by atoms with Crippen molar-refractivity contribution in [2.45, 2.75) is 58.1 Å². The zero-order valence-electron chi connectivity index (χ0n) is 16.3. The SMILES string of the molecule is CCN(c1cccc(OC)c1)C(C)Oc1ccc(C2CCCCC2)cc1. The molecule has 3 rings (SSSR count). The highest BCUT2D eigenvalue weighted by molar-refractivity contribution is 5.51. The maximum absolute atomic E-state index is 6.22. The number of hydrogen-bond donors (Lipinski definition) is 0. The predicted octanol–water partition coefficient (Wildman–Crippen LogP) is 5.99. The van der Waals surface area contributed by atoms with E-state index in [-0.39, 0.29) is 6.23 Å². The second kappa shape index (κ2) is 8.98. The van der Waals surface area contributed by atoms with E-state index < -0.39 is 0 Å². The highest BCUT2D eigenvalue weighted by atomic mass is 16.5. The first-order valence-electron chi connectivity index (χ1n) is 9.88. The fourth-order valence-corrected chi connectivity index (χ4v) is 3.95. The Balaban J connectivity index is 1.66. The van der Waals surface area contributed by atoms with Gasteiger partial charge in [0, 0.05) is 18.3 Å². The van der Waals surface area contributed by atoms with Crippen molar-refractivity contribution in [2.24, 2.45) is 0 Å². The van der Waals surface area contributed by atoms with Gasteiger partial charge in [0.05, 0.1) is 7.11 Å². The molecule has 1 aliphatic rings. The summed E-state index contributed by atoms with van der Waals surface area (Å²) in [4.78, 5) is 2.23. The van der Waals surface area contributed by atoms with Crippen molar-refractivity contribution in [1.29, 1.82) is 0 Å². The molecule has 0 N–H and O–H groups in total. The summed E-state index contributed by atoms with van der Waals surface area (Å²) in [5.74, 6) is 2.53. The maximum Gasteiger partial charge on any atom is 0.169 e. The molecule has 0 aromatic heterocycles. The van der Waals surface area contributed by atoms with Crippen molar-refractivity contribution in [3.63, 3.8) is 0 Å². The second-order valence-electron chi connectivity index (χ2n) is 7.11. The van der Waals surface area contributed by atoms with Crippen LogP contribution in [0.3, 0.4) is 0 Å². The lowest BCUT2D eigenvalue weighted by Crippen LogP contribution is -2.37. The van der Waals surface area contributed by atoms with Gasteiger partial charge >= 0.3 is 0 Å². The third-order valence-corrected chi connectivity index (χ3v) is 5.43. The summed E-state index contributed by atoms with van der Waals surface area (Å²) in [7, 11) is 1.70. The second-order valence-corrected chi connectivity index (χ2v) is 7.11. The first kappa shape index (κ1) is 18.6. The van der Waals surface area contributed by atoms with Crippen LogP contribution in [0.15, 0.2) is 48.5 Å². The molecule has 26 heavy (non-hydrogen) atoms. The van der Waals surface area contributed by atoms with Gasteiger partial charge < -0.3 is 14.4 Å². The van der Waals surface area contributed by atoms with Gasteiger partial charge in [-0.25, -0.2) is 0 Å². The van der Waals surface area contributed by atoms with E-state index in [9.17, 15) is 0 Å². The van der Waals surface area contributed by atoms with E-state index in [1.54, 1.807) is 7.11 Å². The van der Waals surface area contributed by atoms with Crippen LogP contribution in [0.4, 0.5) is 5.69 Å². The van der Waals surface area contributed by atoms with Crippen LogP contribution in [0.5, 0.6) is 11.5 Å². The summed E-state index contributed by atoms with van der Waals surface area (Å²) in [6, 6.07) is 16.9. The van der Waals surface area contributed by atoms with Gasteiger partial charge in [-0.1, -0.05) is 37.5 Å². The molecular formula is C23H31NO2. The molecule has 1 unspecified atom stereocenters. The lowest BCUT2D eigenvalue weighted by atomic mass is 9.84. The van der Waals surface area contributed by atoms with Gasteiger partial charge in [0.1, 0.15) is 11.5 Å². The first-order chi connectivity index (χ1) is 12.7. The normalized spacial score (nSPS) is 16.1. The molecule has 2 aromatic rings. The molecule has 1 fully saturated rings. The Labute approximate surface area is 157 Å². The predicted molar refractivity (Wildman–Crippen MR) is 108 cm³/mol. The molecule has 0 amide bonds. The van der Waals surface area contributed by atoms with Crippen LogP contribution in [0.25, 0.3) is 0 Å². The molecule has 0 spiro atoms. The molecule has 0 bridgehead atoms. The van der Waals surface area contributed by atoms with Gasteiger partial charge in [-0.3, -0.25) is 0 Å². The Kier molecular flexibility index (Phi) is 6.43. The van der Waals surface area contributed by atoms with Crippen LogP contribution in [0.2, 0.25) is 0 Å². The van der Waals surface area contributed by atoms with Crippen molar-refractivity contribution in [3.05, 3.63) is 54.1 Å². The number of rotatable bonds is 7. The van der Waals surface area contributed by atoms with Crippen LogP contribution in [-0.2, 0) is 0 Å². The van der Waals surface area contributed by atoms with Crippen molar-refractivity contribution < 1.29 is 9.47 Å². The Morgan fingerprint density at radius 1 is 1.00 bits per heavy atom. The minimum absolute atomic E-state index is 0.0485. The first-order valence-corrected chi connectivity index (χ1v) is 9.88. The molecule has 0 heterocycles. The number of nitrogens with zero attached hydrogens (tertiary/aromatic N) is 1. The largest absolute Gasteiger partial charge is 0.497 e. The molecular weight excluding hydrogens is 322 g/mol. The van der Waals surface area contributed by atoms with E-state index in [1.807, 2.05) is 12.1 Å². The minimum Gasteiger partial charge on any atom is -0.497 e. The van der Waals surface area contributed by atoms with Gasteiger partial charge in [0.2, 0.25) is 0 Å². The molecule has 0 saturated heterocycles. The highest BCUT2D eigenvalue weighted by Gasteiger charge is 2.17.